The Morgan fingerprint density at radius 1 is 1.03 bits per heavy atom. The van der Waals surface area contributed by atoms with E-state index in [0.717, 1.165) is 51.9 Å². The van der Waals surface area contributed by atoms with Crippen LogP contribution in [0.15, 0.2) is 18.5 Å². The summed E-state index contributed by atoms with van der Waals surface area (Å²) in [7, 11) is 0. The van der Waals surface area contributed by atoms with E-state index < -0.39 is 12.1 Å². The van der Waals surface area contributed by atoms with E-state index in [2.05, 4.69) is 19.8 Å². The van der Waals surface area contributed by atoms with Gasteiger partial charge in [0, 0.05) is 52.0 Å². The molecule has 0 spiro atoms. The molecule has 9 nitrogen and oxygen atoms in total. The van der Waals surface area contributed by atoms with Crippen molar-refractivity contribution in [1.29, 1.82) is 0 Å². The lowest BCUT2D eigenvalue weighted by Gasteiger charge is -2.36. The van der Waals surface area contributed by atoms with E-state index in [0.29, 0.717) is 12.5 Å². The van der Waals surface area contributed by atoms with Gasteiger partial charge < -0.3 is 9.64 Å². The number of aromatic nitrogens is 2. The molecule has 0 N–H and O–H groups in total. The lowest BCUT2D eigenvalue weighted by Crippen LogP contribution is -2.51. The molecule has 1 aliphatic carbocycles. The number of esters is 1. The summed E-state index contributed by atoms with van der Waals surface area (Å²) in [6, 6.07) is 1.79. The summed E-state index contributed by atoms with van der Waals surface area (Å²) < 4.78 is 5.51. The van der Waals surface area contributed by atoms with Crippen molar-refractivity contribution in [3.8, 4) is 0 Å². The minimum Gasteiger partial charge on any atom is -0.459 e. The number of carbonyl (C=O) groups excluding carboxylic acids is 3. The van der Waals surface area contributed by atoms with E-state index in [1.165, 1.54) is 11.8 Å². The molecule has 1 aromatic heterocycles. The van der Waals surface area contributed by atoms with Crippen molar-refractivity contribution < 1.29 is 19.1 Å². The first-order chi connectivity index (χ1) is 14.5. The van der Waals surface area contributed by atoms with E-state index in [4.69, 9.17) is 4.74 Å². The van der Waals surface area contributed by atoms with Gasteiger partial charge >= 0.3 is 5.97 Å². The Morgan fingerprint density at radius 2 is 1.63 bits per heavy atom. The molecule has 0 radical (unpaired) electrons. The van der Waals surface area contributed by atoms with Gasteiger partial charge in [-0.05, 0) is 18.9 Å². The predicted octanol–water partition coefficient (Wildman–Crippen LogP) is 0.706. The van der Waals surface area contributed by atoms with Gasteiger partial charge in [0.25, 0.3) is 0 Å². The number of hydrogen-bond acceptors (Lipinski definition) is 8. The van der Waals surface area contributed by atoms with E-state index >= 15 is 0 Å². The van der Waals surface area contributed by atoms with Crippen LogP contribution in [0.4, 0.5) is 5.95 Å². The molecule has 2 amide bonds. The molecule has 0 aromatic carbocycles. The Balaban J connectivity index is 1.36. The zero-order valence-electron chi connectivity index (χ0n) is 17.4. The third-order valence-electron chi connectivity index (χ3n) is 6.32. The molecule has 1 aromatic rings. The van der Waals surface area contributed by atoms with Crippen LogP contribution in [-0.4, -0.2) is 82.9 Å². The van der Waals surface area contributed by atoms with E-state index in [1.54, 1.807) is 18.5 Å². The summed E-state index contributed by atoms with van der Waals surface area (Å²) in [5.74, 6) is -0.226. The molecule has 3 atom stereocenters. The maximum absolute atomic E-state index is 12.8. The van der Waals surface area contributed by atoms with Crippen LogP contribution in [-0.2, 0) is 19.1 Å². The van der Waals surface area contributed by atoms with Gasteiger partial charge in [0.15, 0.2) is 0 Å². The van der Waals surface area contributed by atoms with E-state index in [-0.39, 0.29) is 30.2 Å². The van der Waals surface area contributed by atoms with Gasteiger partial charge in [0.1, 0.15) is 6.10 Å². The lowest BCUT2D eigenvalue weighted by molar-refractivity contribution is -0.153. The molecule has 2 aliphatic heterocycles. The molecule has 3 aliphatic rings. The molecule has 3 heterocycles. The number of amides is 2. The standard InChI is InChI=1S/C21H29N5O4/c1-15(27)30-16(14-26-19(28)17-5-2-3-6-18(17)20(26)29)13-24-9-11-25(12-10-24)21-22-7-4-8-23-21/h4,7-8,16-18H,2-3,5-6,9-14H2,1H3/t16?,17-,18+. The van der Waals surface area contributed by atoms with Crippen LogP contribution in [0.1, 0.15) is 32.6 Å². The first-order valence-electron chi connectivity index (χ1n) is 10.8. The SMILES string of the molecule is CC(=O)OC(CN1CCN(c2ncccn2)CC1)CN1C(=O)[C@H]2CCCC[C@H]2C1=O. The zero-order valence-corrected chi connectivity index (χ0v) is 17.4. The van der Waals surface area contributed by atoms with Gasteiger partial charge in [-0.1, -0.05) is 12.8 Å². The molecule has 162 valence electrons. The van der Waals surface area contributed by atoms with Crippen molar-refractivity contribution >= 4 is 23.7 Å². The summed E-state index contributed by atoms with van der Waals surface area (Å²) in [4.78, 5) is 51.5. The maximum Gasteiger partial charge on any atom is 0.303 e. The molecule has 0 bridgehead atoms. The van der Waals surface area contributed by atoms with Gasteiger partial charge in [-0.25, -0.2) is 9.97 Å². The van der Waals surface area contributed by atoms with Gasteiger partial charge in [-0.2, -0.15) is 0 Å². The highest BCUT2D eigenvalue weighted by Crippen LogP contribution is 2.38. The molecule has 1 saturated carbocycles. The number of anilines is 1. The van der Waals surface area contributed by atoms with Gasteiger partial charge in [0.2, 0.25) is 17.8 Å². The number of piperazine rings is 1. The fraction of sp³-hybridized carbons (Fsp3) is 0.667. The Labute approximate surface area is 176 Å². The van der Waals surface area contributed by atoms with Crippen LogP contribution in [0.2, 0.25) is 0 Å². The molecular formula is C21H29N5O4. The van der Waals surface area contributed by atoms with Crippen molar-refractivity contribution in [2.75, 3.05) is 44.2 Å². The van der Waals surface area contributed by atoms with Crippen molar-refractivity contribution in [3.05, 3.63) is 18.5 Å². The van der Waals surface area contributed by atoms with Crippen molar-refractivity contribution in [2.45, 2.75) is 38.7 Å². The number of fused-ring (bicyclic) bond motifs is 1. The Bertz CT molecular complexity index is 757. The van der Waals surface area contributed by atoms with Gasteiger partial charge in [0.05, 0.1) is 18.4 Å². The highest BCUT2D eigenvalue weighted by molar-refractivity contribution is 6.05. The topological polar surface area (TPSA) is 95.9 Å². The van der Waals surface area contributed by atoms with Crippen LogP contribution >= 0.6 is 0 Å². The van der Waals surface area contributed by atoms with Gasteiger partial charge in [-0.15, -0.1) is 0 Å². The predicted molar refractivity (Wildman–Crippen MR) is 108 cm³/mol. The Morgan fingerprint density at radius 3 is 2.20 bits per heavy atom. The number of carbonyl (C=O) groups is 3. The largest absolute Gasteiger partial charge is 0.459 e. The highest BCUT2D eigenvalue weighted by Gasteiger charge is 2.48. The van der Waals surface area contributed by atoms with Crippen LogP contribution in [0.5, 0.6) is 0 Å². The molecular weight excluding hydrogens is 386 g/mol. The lowest BCUT2D eigenvalue weighted by atomic mass is 9.81. The smallest absolute Gasteiger partial charge is 0.303 e. The Hall–Kier alpha value is -2.55. The summed E-state index contributed by atoms with van der Waals surface area (Å²) in [5.41, 5.74) is 0. The number of hydrogen-bond donors (Lipinski definition) is 0. The number of imide groups is 1. The first kappa shape index (κ1) is 20.7. The van der Waals surface area contributed by atoms with Crippen LogP contribution in [0.25, 0.3) is 0 Å². The molecule has 1 unspecified atom stereocenters. The minimum absolute atomic E-state index is 0.0899. The first-order valence-corrected chi connectivity index (χ1v) is 10.8. The summed E-state index contributed by atoms with van der Waals surface area (Å²) >= 11 is 0. The number of nitrogens with zero attached hydrogens (tertiary/aromatic N) is 5. The Kier molecular flexibility index (Phi) is 6.26. The summed E-state index contributed by atoms with van der Waals surface area (Å²) in [5, 5.41) is 0. The summed E-state index contributed by atoms with van der Waals surface area (Å²) in [6.45, 7) is 5.07. The number of rotatable bonds is 6. The zero-order chi connectivity index (χ0) is 21.1. The molecule has 4 rings (SSSR count). The third-order valence-corrected chi connectivity index (χ3v) is 6.32. The fourth-order valence-corrected chi connectivity index (χ4v) is 4.85. The van der Waals surface area contributed by atoms with Crippen molar-refractivity contribution in [3.63, 3.8) is 0 Å². The highest BCUT2D eigenvalue weighted by atomic mass is 16.5. The third kappa shape index (κ3) is 4.45. The normalized spacial score (nSPS) is 25.9. The monoisotopic (exact) mass is 415 g/mol. The van der Waals surface area contributed by atoms with E-state index in [1.807, 2.05) is 0 Å². The average molecular weight is 415 g/mol. The van der Waals surface area contributed by atoms with Gasteiger partial charge in [-0.3, -0.25) is 24.2 Å². The average Bonchev–Trinajstić information content (AvgIpc) is 2.99. The van der Waals surface area contributed by atoms with Crippen LogP contribution in [0.3, 0.4) is 0 Å². The second-order valence-electron chi connectivity index (χ2n) is 8.35. The molecule has 2 saturated heterocycles. The van der Waals surface area contributed by atoms with Crippen molar-refractivity contribution in [1.82, 2.24) is 19.8 Å². The van der Waals surface area contributed by atoms with E-state index in [9.17, 15) is 14.4 Å². The molecule has 30 heavy (non-hydrogen) atoms. The van der Waals surface area contributed by atoms with Crippen LogP contribution < -0.4 is 4.90 Å². The minimum atomic E-state index is -0.518. The molecule has 9 heteroatoms. The maximum atomic E-state index is 12.8. The quantitative estimate of drug-likeness (QED) is 0.495. The fourth-order valence-electron chi connectivity index (χ4n) is 4.85. The number of ether oxygens (including phenoxy) is 1. The number of likely N-dealkylation sites (tertiary alicyclic amines) is 1. The van der Waals surface area contributed by atoms with Crippen molar-refractivity contribution in [2.24, 2.45) is 11.8 Å². The summed E-state index contributed by atoms with van der Waals surface area (Å²) in [6.07, 6.45) is 6.50. The second kappa shape index (κ2) is 9.07. The van der Waals surface area contributed by atoms with Crippen LogP contribution in [0, 0.1) is 11.8 Å². The molecule has 3 fully saturated rings. The second-order valence-corrected chi connectivity index (χ2v) is 8.35.